The van der Waals surface area contributed by atoms with Gasteiger partial charge in [0.2, 0.25) is 0 Å². The first-order valence-electron chi connectivity index (χ1n) is 8.36. The van der Waals surface area contributed by atoms with Crippen molar-refractivity contribution in [1.82, 2.24) is 0 Å². The second kappa shape index (κ2) is 6.95. The summed E-state index contributed by atoms with van der Waals surface area (Å²) >= 11 is 0. The van der Waals surface area contributed by atoms with Crippen LogP contribution < -0.4 is 10.5 Å². The maximum Gasteiger partial charge on any atom is 0.306 e. The summed E-state index contributed by atoms with van der Waals surface area (Å²) in [6.07, 6.45) is 0.350. The van der Waals surface area contributed by atoms with Gasteiger partial charge >= 0.3 is 5.97 Å². The Balaban J connectivity index is 1.90. The minimum atomic E-state index is -0.181. The van der Waals surface area contributed by atoms with Crippen LogP contribution in [-0.4, -0.2) is 19.2 Å². The molecule has 0 aromatic heterocycles. The summed E-state index contributed by atoms with van der Waals surface area (Å²) in [6.45, 7) is 4.84. The highest BCUT2D eigenvalue weighted by Gasteiger charge is 2.29. The van der Waals surface area contributed by atoms with Crippen molar-refractivity contribution in [2.45, 2.75) is 32.1 Å². The normalized spacial score (nSPS) is 17.0. The van der Waals surface area contributed by atoms with E-state index in [1.165, 1.54) is 5.56 Å². The number of benzene rings is 2. The first-order valence-corrected chi connectivity index (χ1v) is 8.36. The van der Waals surface area contributed by atoms with Crippen LogP contribution in [0.4, 0.5) is 5.69 Å². The Morgan fingerprint density at radius 1 is 1.33 bits per heavy atom. The second-order valence-corrected chi connectivity index (χ2v) is 6.21. The third-order valence-electron chi connectivity index (χ3n) is 4.49. The van der Waals surface area contributed by atoms with Gasteiger partial charge in [0, 0.05) is 11.5 Å². The van der Waals surface area contributed by atoms with Crippen LogP contribution in [0.15, 0.2) is 42.5 Å². The lowest BCUT2D eigenvalue weighted by atomic mass is 9.88. The van der Waals surface area contributed by atoms with Crippen LogP contribution in [0.3, 0.4) is 0 Å². The summed E-state index contributed by atoms with van der Waals surface area (Å²) in [5.41, 5.74) is 10.2. The molecule has 2 N–H and O–H groups in total. The molecule has 2 atom stereocenters. The molecule has 24 heavy (non-hydrogen) atoms. The van der Waals surface area contributed by atoms with Crippen molar-refractivity contribution in [3.8, 4) is 5.75 Å². The minimum absolute atomic E-state index is 0.0497. The van der Waals surface area contributed by atoms with E-state index in [0.717, 1.165) is 16.9 Å². The third-order valence-corrected chi connectivity index (χ3v) is 4.49. The Labute approximate surface area is 142 Å². The zero-order valence-corrected chi connectivity index (χ0v) is 14.1. The summed E-state index contributed by atoms with van der Waals surface area (Å²) < 4.78 is 10.9. The highest BCUT2D eigenvalue weighted by Crippen LogP contribution is 2.43. The molecule has 1 heterocycles. The van der Waals surface area contributed by atoms with Crippen LogP contribution in [0.5, 0.6) is 5.75 Å². The number of carbonyl (C=O) groups excluding carboxylic acids is 1. The highest BCUT2D eigenvalue weighted by atomic mass is 16.5. The summed E-state index contributed by atoms with van der Waals surface area (Å²) in [5, 5.41) is 0. The van der Waals surface area contributed by atoms with E-state index in [1.54, 1.807) is 0 Å². The fraction of sp³-hybridized carbons (Fsp3) is 0.350. The summed E-state index contributed by atoms with van der Waals surface area (Å²) in [5.74, 6) is 0.822. The number of esters is 1. The van der Waals surface area contributed by atoms with Crippen LogP contribution in [0.1, 0.15) is 48.8 Å². The Kier molecular flexibility index (Phi) is 4.74. The number of fused-ring (bicyclic) bond motifs is 1. The van der Waals surface area contributed by atoms with Crippen molar-refractivity contribution in [2.75, 3.05) is 18.9 Å². The fourth-order valence-corrected chi connectivity index (χ4v) is 3.21. The van der Waals surface area contributed by atoms with E-state index in [2.05, 4.69) is 18.2 Å². The van der Waals surface area contributed by atoms with Gasteiger partial charge in [-0.1, -0.05) is 43.3 Å². The van der Waals surface area contributed by atoms with E-state index >= 15 is 0 Å². The van der Waals surface area contributed by atoms with Crippen molar-refractivity contribution in [3.63, 3.8) is 0 Å². The first-order chi connectivity index (χ1) is 11.6. The van der Waals surface area contributed by atoms with Crippen molar-refractivity contribution < 1.29 is 14.3 Å². The number of anilines is 1. The molecule has 126 valence electrons. The number of hydrogen-bond acceptors (Lipinski definition) is 4. The molecule has 4 heteroatoms. The molecule has 0 spiro atoms. The molecule has 0 fully saturated rings. The Morgan fingerprint density at radius 2 is 2.08 bits per heavy atom. The predicted molar refractivity (Wildman–Crippen MR) is 94.3 cm³/mol. The molecule has 1 aliphatic rings. The zero-order chi connectivity index (χ0) is 17.1. The molecule has 0 radical (unpaired) electrons. The van der Waals surface area contributed by atoms with Gasteiger partial charge in [0.25, 0.3) is 0 Å². The van der Waals surface area contributed by atoms with Crippen LogP contribution in [0.25, 0.3) is 0 Å². The molecular weight excluding hydrogens is 302 g/mol. The average molecular weight is 325 g/mol. The van der Waals surface area contributed by atoms with Gasteiger partial charge in [-0.05, 0) is 30.0 Å². The Morgan fingerprint density at radius 3 is 2.79 bits per heavy atom. The first kappa shape index (κ1) is 16.4. The molecule has 0 saturated heterocycles. The number of nitrogens with two attached hydrogens (primary N) is 1. The van der Waals surface area contributed by atoms with Gasteiger partial charge in [-0.25, -0.2) is 0 Å². The fourth-order valence-electron chi connectivity index (χ4n) is 3.21. The number of rotatable bonds is 5. The van der Waals surface area contributed by atoms with Gasteiger partial charge in [-0.3, -0.25) is 4.79 Å². The topological polar surface area (TPSA) is 61.5 Å². The van der Waals surface area contributed by atoms with E-state index in [9.17, 15) is 4.79 Å². The van der Waals surface area contributed by atoms with Crippen molar-refractivity contribution in [2.24, 2.45) is 0 Å². The lowest BCUT2D eigenvalue weighted by molar-refractivity contribution is -0.143. The molecule has 2 aromatic carbocycles. The molecule has 1 aliphatic heterocycles. The highest BCUT2D eigenvalue weighted by molar-refractivity contribution is 5.71. The largest absolute Gasteiger partial charge is 0.490 e. The molecule has 2 unspecified atom stereocenters. The number of nitrogen functional groups attached to an aromatic ring is 1. The van der Waals surface area contributed by atoms with E-state index in [1.807, 2.05) is 38.1 Å². The monoisotopic (exact) mass is 325 g/mol. The van der Waals surface area contributed by atoms with Crippen LogP contribution >= 0.6 is 0 Å². The van der Waals surface area contributed by atoms with Crippen molar-refractivity contribution in [3.05, 3.63) is 59.2 Å². The summed E-state index contributed by atoms with van der Waals surface area (Å²) in [4.78, 5) is 11.8. The molecular formula is C20H23NO3. The van der Waals surface area contributed by atoms with Gasteiger partial charge in [0.05, 0.1) is 25.3 Å². The average Bonchev–Trinajstić information content (AvgIpc) is 3.00. The Bertz CT molecular complexity index is 727. The molecule has 0 bridgehead atoms. The standard InChI is InChI=1S/C20H23NO3/c1-3-23-19(22)9-13(2)15-10-16-17(14-7-5-4-6-8-14)12-24-20(16)18(21)11-15/h4-8,10-11,13,17H,3,9,12,21H2,1-2H3. The molecule has 4 nitrogen and oxygen atoms in total. The van der Waals surface area contributed by atoms with Gasteiger partial charge in [0.1, 0.15) is 5.75 Å². The zero-order valence-electron chi connectivity index (χ0n) is 14.1. The third kappa shape index (κ3) is 3.23. The molecule has 3 rings (SSSR count). The summed E-state index contributed by atoms with van der Waals surface area (Å²) in [7, 11) is 0. The van der Waals surface area contributed by atoms with Crippen molar-refractivity contribution in [1.29, 1.82) is 0 Å². The number of carbonyl (C=O) groups is 1. The summed E-state index contributed by atoms with van der Waals surface area (Å²) in [6, 6.07) is 14.3. The van der Waals surface area contributed by atoms with Gasteiger partial charge in [-0.2, -0.15) is 0 Å². The quantitative estimate of drug-likeness (QED) is 0.670. The minimum Gasteiger partial charge on any atom is -0.490 e. The van der Waals surface area contributed by atoms with Crippen LogP contribution in [-0.2, 0) is 9.53 Å². The maximum atomic E-state index is 11.8. The van der Waals surface area contributed by atoms with Gasteiger partial charge in [-0.15, -0.1) is 0 Å². The lowest BCUT2D eigenvalue weighted by Gasteiger charge is -2.15. The number of ether oxygens (including phenoxy) is 2. The van der Waals surface area contributed by atoms with Gasteiger partial charge in [0.15, 0.2) is 0 Å². The molecule has 2 aromatic rings. The number of hydrogen-bond donors (Lipinski definition) is 1. The van der Waals surface area contributed by atoms with E-state index < -0.39 is 0 Å². The van der Waals surface area contributed by atoms with Gasteiger partial charge < -0.3 is 15.2 Å². The SMILES string of the molecule is CCOC(=O)CC(C)c1cc(N)c2c(c1)C(c1ccccc1)CO2. The van der Waals surface area contributed by atoms with Crippen LogP contribution in [0, 0.1) is 0 Å². The molecule has 0 amide bonds. The second-order valence-electron chi connectivity index (χ2n) is 6.21. The molecule has 0 saturated carbocycles. The predicted octanol–water partition coefficient (Wildman–Crippen LogP) is 3.85. The van der Waals surface area contributed by atoms with Crippen molar-refractivity contribution >= 4 is 11.7 Å². The van der Waals surface area contributed by atoms with E-state index in [-0.39, 0.29) is 17.8 Å². The van der Waals surface area contributed by atoms with E-state index in [4.69, 9.17) is 15.2 Å². The van der Waals surface area contributed by atoms with E-state index in [0.29, 0.717) is 25.3 Å². The Hall–Kier alpha value is -2.49. The van der Waals surface area contributed by atoms with Crippen LogP contribution in [0.2, 0.25) is 0 Å². The molecule has 0 aliphatic carbocycles. The lowest BCUT2D eigenvalue weighted by Crippen LogP contribution is -2.09. The maximum absolute atomic E-state index is 11.8. The smallest absolute Gasteiger partial charge is 0.306 e.